The molecule has 0 spiro atoms. The third-order valence-corrected chi connectivity index (χ3v) is 3.19. The van der Waals surface area contributed by atoms with Crippen LogP contribution in [0.15, 0.2) is 37.4 Å². The van der Waals surface area contributed by atoms with Crippen LogP contribution in [0, 0.1) is 0 Å². The molecule has 0 saturated heterocycles. The van der Waals surface area contributed by atoms with E-state index in [1.54, 1.807) is 0 Å². The number of nitrogens with zero attached hydrogens (tertiary/aromatic N) is 4. The highest BCUT2D eigenvalue weighted by Crippen LogP contribution is 1.92. The molecule has 2 rings (SSSR count). The maximum Gasteiger partial charge on any atom is 0.243 e. The van der Waals surface area contributed by atoms with Crippen LogP contribution in [0.2, 0.25) is 0 Å². The van der Waals surface area contributed by atoms with Crippen LogP contribution in [0.25, 0.3) is 0 Å². The molecule has 8 heteroatoms. The quantitative estimate of drug-likeness (QED) is 0.575. The van der Waals surface area contributed by atoms with Crippen LogP contribution in [-0.4, -0.2) is 22.4 Å². The van der Waals surface area contributed by atoms with Gasteiger partial charge in [-0.25, -0.2) is 18.3 Å². The summed E-state index contributed by atoms with van der Waals surface area (Å²) in [7, 11) is 4.09. The predicted molar refractivity (Wildman–Crippen MR) is 90.7 cm³/mol. The van der Waals surface area contributed by atoms with Gasteiger partial charge in [0.05, 0.1) is 27.2 Å². The van der Waals surface area contributed by atoms with E-state index in [4.69, 9.17) is 13.3 Å². The Hall–Kier alpha value is -1.51. The summed E-state index contributed by atoms with van der Waals surface area (Å²) in [6.07, 6.45) is 17.6. The molecule has 138 valence electrons. The van der Waals surface area contributed by atoms with E-state index in [1.807, 2.05) is 14.1 Å². The van der Waals surface area contributed by atoms with Crippen molar-refractivity contribution in [2.24, 2.45) is 14.1 Å². The van der Waals surface area contributed by atoms with Crippen LogP contribution < -0.4 is 9.13 Å². The summed E-state index contributed by atoms with van der Waals surface area (Å²) >= 11 is -3.11. The molecule has 0 aliphatic rings. The second-order valence-corrected chi connectivity index (χ2v) is 5.95. The monoisotopic (exact) mass is 358 g/mol. The van der Waals surface area contributed by atoms with E-state index < -0.39 is 11.4 Å². The maximum absolute atomic E-state index is 8.44. The van der Waals surface area contributed by atoms with Crippen molar-refractivity contribution in [3.8, 4) is 0 Å². The normalized spacial score (nSPS) is 9.96. The molecule has 0 aromatic carbocycles. The number of imidazole rings is 2. The third kappa shape index (κ3) is 13.0. The standard InChI is InChI=1S/2C8H15N2.H2O3S/c2*1-3-4-5-10-7-6-9(2)8-10;1-4(2)3/h2*6-8H,3-5H2,1-2H3;(H2,1,2,3)/q2*+1;/p-2. The topological polar surface area (TPSA) is 80.8 Å². The number of rotatable bonds is 6. The molecule has 0 aliphatic heterocycles. The van der Waals surface area contributed by atoms with Crippen LogP contribution in [-0.2, 0) is 38.5 Å². The lowest BCUT2D eigenvalue weighted by Crippen LogP contribution is -2.23. The van der Waals surface area contributed by atoms with Crippen LogP contribution in [0.5, 0.6) is 0 Å². The summed E-state index contributed by atoms with van der Waals surface area (Å²) in [5.41, 5.74) is 0. The van der Waals surface area contributed by atoms with Crippen molar-refractivity contribution in [1.82, 2.24) is 9.13 Å². The minimum absolute atomic E-state index is 1.15. The van der Waals surface area contributed by atoms with E-state index in [0.717, 1.165) is 13.1 Å². The van der Waals surface area contributed by atoms with E-state index in [-0.39, 0.29) is 0 Å². The van der Waals surface area contributed by atoms with Crippen molar-refractivity contribution in [3.05, 3.63) is 37.4 Å². The van der Waals surface area contributed by atoms with Gasteiger partial charge in [0, 0.05) is 0 Å². The van der Waals surface area contributed by atoms with Gasteiger partial charge in [-0.3, -0.25) is 4.21 Å². The van der Waals surface area contributed by atoms with Crippen LogP contribution >= 0.6 is 0 Å². The van der Waals surface area contributed by atoms with Crippen molar-refractivity contribution in [2.45, 2.75) is 52.6 Å². The van der Waals surface area contributed by atoms with Crippen LogP contribution in [0.3, 0.4) is 0 Å². The van der Waals surface area contributed by atoms with Gasteiger partial charge in [0.1, 0.15) is 24.8 Å². The van der Waals surface area contributed by atoms with Crippen molar-refractivity contribution < 1.29 is 22.4 Å². The molecular weight excluding hydrogens is 328 g/mol. The molecule has 0 unspecified atom stereocenters. The fourth-order valence-corrected chi connectivity index (χ4v) is 1.95. The van der Waals surface area contributed by atoms with Gasteiger partial charge in [0.2, 0.25) is 12.7 Å². The van der Waals surface area contributed by atoms with Gasteiger partial charge in [-0.2, -0.15) is 0 Å². The molecule has 0 fully saturated rings. The Morgan fingerprint density at radius 2 is 1.21 bits per heavy atom. The highest BCUT2D eigenvalue weighted by Gasteiger charge is 1.97. The average Bonchev–Trinajstić information content (AvgIpc) is 3.11. The molecule has 24 heavy (non-hydrogen) atoms. The lowest BCUT2D eigenvalue weighted by atomic mass is 10.3. The predicted octanol–water partition coefficient (Wildman–Crippen LogP) is 1.22. The molecule has 0 amide bonds. The Labute approximate surface area is 147 Å². The first kappa shape index (κ1) is 22.5. The highest BCUT2D eigenvalue weighted by molar-refractivity contribution is 7.72. The first-order chi connectivity index (χ1) is 11.4. The SMILES string of the molecule is CCCCn1cc[n+](C)c1.CCCCn1cc[n+](C)c1.O=S([O-])[O-]. The first-order valence-electron chi connectivity index (χ1n) is 8.17. The summed E-state index contributed by atoms with van der Waals surface area (Å²) in [4.78, 5) is 0. The van der Waals surface area contributed by atoms with Gasteiger partial charge in [-0.1, -0.05) is 26.7 Å². The molecule has 0 saturated carbocycles. The number of hydrogen-bond donors (Lipinski definition) is 0. The first-order valence-corrected chi connectivity index (χ1v) is 9.17. The zero-order valence-corrected chi connectivity index (χ0v) is 15.9. The minimum atomic E-state index is -3.11. The number of unbranched alkanes of at least 4 members (excludes halogenated alkanes) is 2. The van der Waals surface area contributed by atoms with Gasteiger partial charge in [0.15, 0.2) is 0 Å². The molecule has 0 N–H and O–H groups in total. The number of aryl methyl sites for hydroxylation is 4. The van der Waals surface area contributed by atoms with Gasteiger partial charge in [-0.05, 0) is 12.8 Å². The molecule has 7 nitrogen and oxygen atoms in total. The van der Waals surface area contributed by atoms with Crippen molar-refractivity contribution >= 4 is 11.4 Å². The second kappa shape index (κ2) is 13.9. The molecule has 2 aromatic rings. The number of aromatic nitrogens is 4. The summed E-state index contributed by atoms with van der Waals surface area (Å²) in [6, 6.07) is 0. The van der Waals surface area contributed by atoms with Gasteiger partial charge < -0.3 is 9.11 Å². The summed E-state index contributed by atoms with van der Waals surface area (Å²) < 4.78 is 33.9. The molecule has 0 atom stereocenters. The smallest absolute Gasteiger partial charge is 0.243 e. The van der Waals surface area contributed by atoms with Gasteiger partial charge in [0.25, 0.3) is 0 Å². The number of hydrogen-bond acceptors (Lipinski definition) is 3. The van der Waals surface area contributed by atoms with Crippen molar-refractivity contribution in [2.75, 3.05) is 0 Å². The van der Waals surface area contributed by atoms with Crippen LogP contribution in [0.4, 0.5) is 0 Å². The van der Waals surface area contributed by atoms with E-state index in [2.05, 4.69) is 69.6 Å². The van der Waals surface area contributed by atoms with Gasteiger partial charge >= 0.3 is 0 Å². The van der Waals surface area contributed by atoms with Crippen molar-refractivity contribution in [3.63, 3.8) is 0 Å². The minimum Gasteiger partial charge on any atom is -0.784 e. The summed E-state index contributed by atoms with van der Waals surface area (Å²) in [6.45, 7) is 6.72. The Bertz CT molecular complexity index is 521. The van der Waals surface area contributed by atoms with Gasteiger partial charge in [-0.15, -0.1) is 11.4 Å². The van der Waals surface area contributed by atoms with E-state index >= 15 is 0 Å². The van der Waals surface area contributed by atoms with E-state index in [1.165, 1.54) is 25.7 Å². The second-order valence-electron chi connectivity index (χ2n) is 5.55. The average molecular weight is 359 g/mol. The highest BCUT2D eigenvalue weighted by atomic mass is 32.2. The molecule has 2 aromatic heterocycles. The molecular formula is C16H30N4O3S. The molecule has 2 heterocycles. The Morgan fingerprint density at radius 3 is 1.42 bits per heavy atom. The zero-order valence-electron chi connectivity index (χ0n) is 15.1. The Balaban J connectivity index is 0.000000363. The molecule has 0 aliphatic carbocycles. The lowest BCUT2D eigenvalue weighted by molar-refractivity contribution is -0.671. The third-order valence-electron chi connectivity index (χ3n) is 3.19. The summed E-state index contributed by atoms with van der Waals surface area (Å²) in [5, 5.41) is 0. The largest absolute Gasteiger partial charge is 0.784 e. The molecule has 0 bridgehead atoms. The fourth-order valence-electron chi connectivity index (χ4n) is 1.95. The zero-order chi connectivity index (χ0) is 18.4. The molecule has 0 radical (unpaired) electrons. The maximum atomic E-state index is 8.44. The lowest BCUT2D eigenvalue weighted by Gasteiger charge is -2.03. The Morgan fingerprint density at radius 1 is 0.875 bits per heavy atom. The van der Waals surface area contributed by atoms with E-state index in [0.29, 0.717) is 0 Å². The Kier molecular flexibility index (Phi) is 13.0. The van der Waals surface area contributed by atoms with E-state index in [9.17, 15) is 0 Å². The van der Waals surface area contributed by atoms with Crippen LogP contribution in [0.1, 0.15) is 39.5 Å². The van der Waals surface area contributed by atoms with Crippen molar-refractivity contribution in [1.29, 1.82) is 0 Å². The fraction of sp³-hybridized carbons (Fsp3) is 0.625. The summed E-state index contributed by atoms with van der Waals surface area (Å²) in [5.74, 6) is 0.